The molecule has 0 aliphatic rings. The van der Waals surface area contributed by atoms with E-state index in [1.807, 2.05) is 40.3 Å². The number of para-hydroxylation sites is 1. The third-order valence-electron chi connectivity index (χ3n) is 7.37. The Morgan fingerprint density at radius 1 is 1.05 bits per heavy atom. The maximum absolute atomic E-state index is 13.8. The zero-order chi connectivity index (χ0) is 29.2. The number of amides is 1. The number of aliphatic hydroxyl groups is 1. The van der Waals surface area contributed by atoms with Gasteiger partial charge in [0.15, 0.2) is 0 Å². The Morgan fingerprint density at radius 3 is 2.54 bits per heavy atom. The van der Waals surface area contributed by atoms with Gasteiger partial charge in [0.1, 0.15) is 12.4 Å². The molecule has 0 fully saturated rings. The van der Waals surface area contributed by atoms with E-state index in [1.54, 1.807) is 6.26 Å². The normalized spacial score (nSPS) is 12.7. The van der Waals surface area contributed by atoms with Crippen LogP contribution in [0.15, 0.2) is 77.5 Å². The first-order valence-electron chi connectivity index (χ1n) is 14.7. The van der Waals surface area contributed by atoms with Crippen molar-refractivity contribution in [3.05, 3.63) is 95.6 Å². The molecule has 41 heavy (non-hydrogen) atoms. The van der Waals surface area contributed by atoms with Crippen LogP contribution in [0.25, 0.3) is 10.9 Å². The molecule has 7 nitrogen and oxygen atoms in total. The van der Waals surface area contributed by atoms with Gasteiger partial charge in [0.25, 0.3) is 0 Å². The number of carbonyl (C=O) groups is 1. The molecule has 0 aliphatic carbocycles. The van der Waals surface area contributed by atoms with Crippen molar-refractivity contribution in [1.82, 2.24) is 14.8 Å². The molecule has 2 N–H and O–H groups in total. The molecule has 4 rings (SSSR count). The second-order valence-electron chi connectivity index (χ2n) is 11.9. The number of benzene rings is 2. The van der Waals surface area contributed by atoms with Gasteiger partial charge >= 0.3 is 0 Å². The van der Waals surface area contributed by atoms with Crippen molar-refractivity contribution in [1.29, 1.82) is 0 Å². The monoisotopic (exact) mass is 559 g/mol. The molecule has 0 spiro atoms. The van der Waals surface area contributed by atoms with Crippen LogP contribution in [0.5, 0.6) is 0 Å². The van der Waals surface area contributed by atoms with Gasteiger partial charge in [0.2, 0.25) is 5.91 Å². The Morgan fingerprint density at radius 2 is 1.83 bits per heavy atom. The van der Waals surface area contributed by atoms with Crippen molar-refractivity contribution < 1.29 is 19.1 Å². The lowest BCUT2D eigenvalue weighted by Crippen LogP contribution is -2.44. The summed E-state index contributed by atoms with van der Waals surface area (Å²) in [7, 11) is 0. The number of ether oxygens (including phenoxy) is 1. The minimum Gasteiger partial charge on any atom is -0.467 e. The highest BCUT2D eigenvalue weighted by Crippen LogP contribution is 2.23. The summed E-state index contributed by atoms with van der Waals surface area (Å²) in [6.07, 6.45) is 4.60. The third kappa shape index (κ3) is 9.05. The van der Waals surface area contributed by atoms with Gasteiger partial charge < -0.3 is 24.1 Å². The van der Waals surface area contributed by atoms with Crippen molar-refractivity contribution in [2.24, 2.45) is 0 Å². The first-order chi connectivity index (χ1) is 19.7. The van der Waals surface area contributed by atoms with Gasteiger partial charge in [-0.1, -0.05) is 70.2 Å². The number of hydrogen-bond acceptors (Lipinski definition) is 5. The van der Waals surface area contributed by atoms with E-state index in [0.29, 0.717) is 26.2 Å². The van der Waals surface area contributed by atoms with Crippen LogP contribution in [0.2, 0.25) is 0 Å². The number of nitrogens with one attached hydrogen (secondary N) is 1. The van der Waals surface area contributed by atoms with Gasteiger partial charge in [-0.15, -0.1) is 0 Å². The number of aliphatic hydroxyl groups excluding tert-OH is 1. The molecule has 0 saturated heterocycles. The first-order valence-corrected chi connectivity index (χ1v) is 14.7. The second kappa shape index (κ2) is 14.5. The molecule has 220 valence electrons. The molecule has 0 saturated carbocycles. The smallest absolute Gasteiger partial charge is 0.237 e. The quantitative estimate of drug-likeness (QED) is 0.189. The molecule has 1 amide bonds. The highest BCUT2D eigenvalue weighted by molar-refractivity contribution is 5.83. The van der Waals surface area contributed by atoms with Crippen LogP contribution in [-0.4, -0.2) is 64.7 Å². The molecule has 4 aromatic rings. The van der Waals surface area contributed by atoms with Gasteiger partial charge in [-0.3, -0.25) is 9.69 Å². The Labute approximate surface area is 244 Å². The molecule has 0 unspecified atom stereocenters. The summed E-state index contributed by atoms with van der Waals surface area (Å²) >= 11 is 0. The third-order valence-corrected chi connectivity index (χ3v) is 7.37. The minimum atomic E-state index is -0.700. The average molecular weight is 560 g/mol. The van der Waals surface area contributed by atoms with Crippen LogP contribution < -0.4 is 0 Å². The number of carbonyl (C=O) groups excluding carboxylic acids is 1. The summed E-state index contributed by atoms with van der Waals surface area (Å²) in [6, 6.07) is 20.5. The van der Waals surface area contributed by atoms with Crippen LogP contribution in [0, 0.1) is 0 Å². The summed E-state index contributed by atoms with van der Waals surface area (Å²) < 4.78 is 10.9. The van der Waals surface area contributed by atoms with Gasteiger partial charge in [-0.05, 0) is 59.7 Å². The molecule has 1 atom stereocenters. The van der Waals surface area contributed by atoms with E-state index in [1.165, 1.54) is 16.5 Å². The molecule has 0 radical (unpaired) electrons. The van der Waals surface area contributed by atoms with E-state index < -0.39 is 6.10 Å². The highest BCUT2D eigenvalue weighted by Gasteiger charge is 2.21. The molecular formula is C34H45N3O4. The van der Waals surface area contributed by atoms with Crippen LogP contribution in [-0.2, 0) is 34.5 Å². The molecule has 2 heterocycles. The molecule has 7 heteroatoms. The van der Waals surface area contributed by atoms with Gasteiger partial charge in [-0.25, -0.2) is 0 Å². The van der Waals surface area contributed by atoms with Crippen LogP contribution in [0.4, 0.5) is 0 Å². The molecular weight excluding hydrogens is 514 g/mol. The highest BCUT2D eigenvalue weighted by atomic mass is 16.5. The summed E-state index contributed by atoms with van der Waals surface area (Å²) in [6.45, 7) is 11.7. The number of hydrogen-bond donors (Lipinski definition) is 2. The van der Waals surface area contributed by atoms with Crippen molar-refractivity contribution in [2.45, 2.75) is 65.2 Å². The molecule has 0 aliphatic heterocycles. The topological polar surface area (TPSA) is 81.9 Å². The van der Waals surface area contributed by atoms with E-state index >= 15 is 0 Å². The number of aromatic nitrogens is 1. The van der Waals surface area contributed by atoms with E-state index in [4.69, 9.17) is 9.15 Å². The maximum Gasteiger partial charge on any atom is 0.237 e. The number of fused-ring (bicyclic) bond motifs is 1. The number of H-pyrrole nitrogens is 1. The minimum absolute atomic E-state index is 0.0573. The van der Waals surface area contributed by atoms with Crippen LogP contribution in [0.1, 0.15) is 56.6 Å². The van der Waals surface area contributed by atoms with Crippen molar-refractivity contribution in [3.63, 3.8) is 0 Å². The summed E-state index contributed by atoms with van der Waals surface area (Å²) in [4.78, 5) is 21.1. The largest absolute Gasteiger partial charge is 0.467 e. The Balaban J connectivity index is 1.42. The lowest BCUT2D eigenvalue weighted by Gasteiger charge is -2.29. The summed E-state index contributed by atoms with van der Waals surface area (Å²) in [5, 5.41) is 11.9. The number of rotatable bonds is 15. The summed E-state index contributed by atoms with van der Waals surface area (Å²) in [5.74, 6) is 0.779. The zero-order valence-electron chi connectivity index (χ0n) is 24.9. The predicted octanol–water partition coefficient (Wildman–Crippen LogP) is 5.92. The number of aromatic amines is 1. The predicted molar refractivity (Wildman–Crippen MR) is 164 cm³/mol. The van der Waals surface area contributed by atoms with Crippen LogP contribution in [0.3, 0.4) is 0 Å². The van der Waals surface area contributed by atoms with E-state index in [-0.39, 0.29) is 24.5 Å². The lowest BCUT2D eigenvalue weighted by molar-refractivity contribution is -0.133. The fourth-order valence-corrected chi connectivity index (χ4v) is 5.10. The molecule has 2 aromatic heterocycles. The fourth-order valence-electron chi connectivity index (χ4n) is 5.10. The van der Waals surface area contributed by atoms with E-state index in [0.717, 1.165) is 36.2 Å². The zero-order valence-corrected chi connectivity index (χ0v) is 24.9. The van der Waals surface area contributed by atoms with Gasteiger partial charge in [0.05, 0.1) is 25.5 Å². The number of furan rings is 1. The molecule has 0 bridgehead atoms. The maximum atomic E-state index is 13.8. The second-order valence-corrected chi connectivity index (χ2v) is 11.9. The Bertz CT molecular complexity index is 1340. The average Bonchev–Trinajstić information content (AvgIpc) is 3.61. The SMILES string of the molecule is CCCN(CC(=O)N(CCc1c[nH]c2ccccc12)Cc1ccc(C(C)(C)C)cc1)C[C@H](O)COCc1ccco1. The fraction of sp³-hybridized carbons (Fsp3) is 0.441. The molecule has 2 aromatic carbocycles. The van der Waals surface area contributed by atoms with Crippen molar-refractivity contribution in [2.75, 3.05) is 32.8 Å². The Hall–Kier alpha value is -3.39. The number of nitrogens with zero attached hydrogens (tertiary/aromatic N) is 2. The van der Waals surface area contributed by atoms with Crippen molar-refractivity contribution in [3.8, 4) is 0 Å². The first kappa shape index (κ1) is 30.6. The van der Waals surface area contributed by atoms with Gasteiger partial charge in [0, 0.05) is 36.7 Å². The standard InChI is InChI=1S/C34H45N3O4/c1-5-17-36(22-29(38)24-40-25-30-9-8-19-41-30)23-33(39)37(21-26-12-14-28(15-13-26)34(2,3)4)18-16-27-20-35-32-11-7-6-10-31(27)32/h6-15,19-20,29,35,38H,5,16-18,21-25H2,1-4H3/t29-/m0/s1. The van der Waals surface area contributed by atoms with Crippen molar-refractivity contribution >= 4 is 16.8 Å². The van der Waals surface area contributed by atoms with E-state index in [9.17, 15) is 9.90 Å². The van der Waals surface area contributed by atoms with E-state index in [2.05, 4.69) is 69.1 Å². The summed E-state index contributed by atoms with van der Waals surface area (Å²) in [5.41, 5.74) is 4.77. The van der Waals surface area contributed by atoms with Gasteiger partial charge in [-0.2, -0.15) is 0 Å². The Kier molecular flexibility index (Phi) is 10.8. The van der Waals surface area contributed by atoms with Crippen LogP contribution >= 0.6 is 0 Å². The lowest BCUT2D eigenvalue weighted by atomic mass is 9.87.